The number of hydrogen-bond acceptors (Lipinski definition) is 5. The standard InChI is InChI=1S/C27H25ClN4O4/c1-17-29-25(31-32(17)23-13-11-21(28)12-14-23)26(34)30-22(16-24(33)27(35)36)15-18-7-9-20(10-8-18)19-5-3-2-4-6-19/h2-14,22,24,33H,15-16H2,1H3,(H,30,34)(H,35,36)/t22?,24-/m1/s1. The number of carboxylic acids is 1. The van der Waals surface area contributed by atoms with Crippen LogP contribution >= 0.6 is 11.6 Å². The zero-order valence-electron chi connectivity index (χ0n) is 19.5. The average Bonchev–Trinajstić information content (AvgIpc) is 3.27. The maximum atomic E-state index is 13.0. The van der Waals surface area contributed by atoms with Crippen LogP contribution in [0.15, 0.2) is 78.9 Å². The number of amides is 1. The van der Waals surface area contributed by atoms with Crippen LogP contribution in [0.5, 0.6) is 0 Å². The van der Waals surface area contributed by atoms with Crippen molar-refractivity contribution in [2.45, 2.75) is 31.9 Å². The number of carbonyl (C=O) groups is 2. The van der Waals surface area contributed by atoms with Crippen molar-refractivity contribution in [1.29, 1.82) is 0 Å². The van der Waals surface area contributed by atoms with Gasteiger partial charge in [0.1, 0.15) is 5.82 Å². The summed E-state index contributed by atoms with van der Waals surface area (Å²) in [5, 5.41) is 26.8. The van der Waals surface area contributed by atoms with Crippen LogP contribution < -0.4 is 5.32 Å². The fraction of sp³-hybridized carbons (Fsp3) is 0.185. The molecule has 3 aromatic carbocycles. The van der Waals surface area contributed by atoms with E-state index in [9.17, 15) is 19.8 Å². The van der Waals surface area contributed by atoms with Crippen LogP contribution in [0, 0.1) is 6.92 Å². The Kier molecular flexibility index (Phi) is 7.77. The Labute approximate surface area is 213 Å². The maximum Gasteiger partial charge on any atom is 0.332 e. The van der Waals surface area contributed by atoms with E-state index in [0.717, 1.165) is 16.7 Å². The molecule has 0 aliphatic rings. The molecule has 184 valence electrons. The molecule has 4 aromatic rings. The van der Waals surface area contributed by atoms with E-state index in [-0.39, 0.29) is 12.2 Å². The molecule has 2 atom stereocenters. The first-order valence-electron chi connectivity index (χ1n) is 11.4. The van der Waals surface area contributed by atoms with Crippen molar-refractivity contribution in [3.8, 4) is 16.8 Å². The summed E-state index contributed by atoms with van der Waals surface area (Å²) in [5.74, 6) is -1.47. The molecule has 1 heterocycles. The maximum absolute atomic E-state index is 13.0. The van der Waals surface area contributed by atoms with E-state index in [2.05, 4.69) is 15.4 Å². The van der Waals surface area contributed by atoms with Crippen LogP contribution in [0.25, 0.3) is 16.8 Å². The number of aliphatic hydroxyl groups is 1. The van der Waals surface area contributed by atoms with E-state index in [0.29, 0.717) is 23.0 Å². The van der Waals surface area contributed by atoms with Crippen molar-refractivity contribution >= 4 is 23.5 Å². The molecular formula is C27H25ClN4O4. The third-order valence-electron chi connectivity index (χ3n) is 5.71. The monoisotopic (exact) mass is 504 g/mol. The van der Waals surface area contributed by atoms with E-state index in [1.54, 1.807) is 31.2 Å². The lowest BCUT2D eigenvalue weighted by Gasteiger charge is -2.20. The number of aliphatic carboxylic acids is 1. The number of carboxylic acid groups (broad SMARTS) is 1. The SMILES string of the molecule is Cc1nc(C(=O)NC(Cc2ccc(-c3ccccc3)cc2)C[C@@H](O)C(=O)O)nn1-c1ccc(Cl)cc1. The van der Waals surface area contributed by atoms with Gasteiger partial charge in [-0.2, -0.15) is 0 Å². The number of carbonyl (C=O) groups excluding carboxylic acids is 1. The van der Waals surface area contributed by atoms with Gasteiger partial charge < -0.3 is 15.5 Å². The molecule has 0 spiro atoms. The van der Waals surface area contributed by atoms with Crippen LogP contribution in [0.2, 0.25) is 5.02 Å². The smallest absolute Gasteiger partial charge is 0.332 e. The number of halogens is 1. The summed E-state index contributed by atoms with van der Waals surface area (Å²) in [7, 11) is 0. The Morgan fingerprint density at radius 2 is 1.61 bits per heavy atom. The molecule has 1 amide bonds. The normalized spacial score (nSPS) is 12.6. The molecule has 1 aromatic heterocycles. The number of rotatable bonds is 9. The fourth-order valence-electron chi connectivity index (χ4n) is 3.88. The van der Waals surface area contributed by atoms with Gasteiger partial charge in [0.2, 0.25) is 5.82 Å². The molecular weight excluding hydrogens is 480 g/mol. The zero-order chi connectivity index (χ0) is 25.7. The average molecular weight is 505 g/mol. The van der Waals surface area contributed by atoms with E-state index in [1.807, 2.05) is 54.6 Å². The third kappa shape index (κ3) is 6.16. The second kappa shape index (κ2) is 11.2. The Hall–Kier alpha value is -4.01. The second-order valence-electron chi connectivity index (χ2n) is 8.40. The Balaban J connectivity index is 1.51. The molecule has 0 saturated heterocycles. The van der Waals surface area contributed by atoms with Gasteiger partial charge in [0, 0.05) is 17.5 Å². The van der Waals surface area contributed by atoms with Crippen molar-refractivity contribution < 1.29 is 19.8 Å². The summed E-state index contributed by atoms with van der Waals surface area (Å²) in [6.45, 7) is 1.72. The number of nitrogens with one attached hydrogen (secondary N) is 1. The minimum Gasteiger partial charge on any atom is -0.479 e. The molecule has 0 saturated carbocycles. The lowest BCUT2D eigenvalue weighted by Crippen LogP contribution is -2.41. The molecule has 0 radical (unpaired) electrons. The van der Waals surface area contributed by atoms with Crippen molar-refractivity contribution in [2.75, 3.05) is 0 Å². The van der Waals surface area contributed by atoms with Gasteiger partial charge in [0.15, 0.2) is 6.10 Å². The highest BCUT2D eigenvalue weighted by Gasteiger charge is 2.24. The van der Waals surface area contributed by atoms with E-state index >= 15 is 0 Å². The largest absolute Gasteiger partial charge is 0.479 e. The Morgan fingerprint density at radius 3 is 2.25 bits per heavy atom. The first-order chi connectivity index (χ1) is 17.3. The fourth-order valence-corrected chi connectivity index (χ4v) is 4.00. The van der Waals surface area contributed by atoms with Gasteiger partial charge >= 0.3 is 5.97 Å². The number of benzene rings is 3. The number of aryl methyl sites for hydroxylation is 1. The van der Waals surface area contributed by atoms with E-state index in [4.69, 9.17) is 11.6 Å². The van der Waals surface area contributed by atoms with Crippen molar-refractivity contribution in [1.82, 2.24) is 20.1 Å². The lowest BCUT2D eigenvalue weighted by molar-refractivity contribution is -0.147. The van der Waals surface area contributed by atoms with Gasteiger partial charge in [-0.15, -0.1) is 5.10 Å². The first-order valence-corrected chi connectivity index (χ1v) is 11.7. The molecule has 0 aliphatic carbocycles. The van der Waals surface area contributed by atoms with Crippen LogP contribution in [0.1, 0.15) is 28.4 Å². The molecule has 0 fully saturated rings. The van der Waals surface area contributed by atoms with E-state index < -0.39 is 24.0 Å². The molecule has 36 heavy (non-hydrogen) atoms. The number of hydrogen-bond donors (Lipinski definition) is 3. The molecule has 9 heteroatoms. The summed E-state index contributed by atoms with van der Waals surface area (Å²) < 4.78 is 1.52. The van der Waals surface area contributed by atoms with Crippen LogP contribution in [0.4, 0.5) is 0 Å². The molecule has 0 bridgehead atoms. The van der Waals surface area contributed by atoms with Gasteiger partial charge in [-0.1, -0.05) is 66.2 Å². The lowest BCUT2D eigenvalue weighted by atomic mass is 9.98. The summed E-state index contributed by atoms with van der Waals surface area (Å²) in [4.78, 5) is 28.5. The summed E-state index contributed by atoms with van der Waals surface area (Å²) in [6, 6.07) is 24.0. The Bertz CT molecular complexity index is 1340. The second-order valence-corrected chi connectivity index (χ2v) is 8.83. The predicted octanol–water partition coefficient (Wildman–Crippen LogP) is 4.07. The van der Waals surface area contributed by atoms with Gasteiger partial charge in [-0.25, -0.2) is 14.5 Å². The minimum atomic E-state index is -1.62. The summed E-state index contributed by atoms with van der Waals surface area (Å²) in [5.41, 5.74) is 3.69. The zero-order valence-corrected chi connectivity index (χ0v) is 20.3. The number of aliphatic hydroxyl groups excluding tert-OH is 1. The Morgan fingerprint density at radius 1 is 0.972 bits per heavy atom. The van der Waals surface area contributed by atoms with Crippen molar-refractivity contribution in [3.63, 3.8) is 0 Å². The van der Waals surface area contributed by atoms with Crippen LogP contribution in [-0.2, 0) is 11.2 Å². The summed E-state index contributed by atoms with van der Waals surface area (Å²) in [6.07, 6.45) is -1.47. The van der Waals surface area contributed by atoms with Gasteiger partial charge in [0.25, 0.3) is 5.91 Å². The molecule has 3 N–H and O–H groups in total. The highest BCUT2D eigenvalue weighted by Crippen LogP contribution is 2.20. The molecule has 4 rings (SSSR count). The third-order valence-corrected chi connectivity index (χ3v) is 5.97. The number of aromatic nitrogens is 3. The van der Waals surface area contributed by atoms with Crippen LogP contribution in [0.3, 0.4) is 0 Å². The highest BCUT2D eigenvalue weighted by molar-refractivity contribution is 6.30. The quantitative estimate of drug-likeness (QED) is 0.316. The van der Waals surface area contributed by atoms with Crippen molar-refractivity contribution in [3.05, 3.63) is 101 Å². The van der Waals surface area contributed by atoms with Gasteiger partial charge in [-0.3, -0.25) is 4.79 Å². The number of nitrogens with zero attached hydrogens (tertiary/aromatic N) is 3. The van der Waals surface area contributed by atoms with Gasteiger partial charge in [0.05, 0.1) is 5.69 Å². The van der Waals surface area contributed by atoms with Crippen molar-refractivity contribution in [2.24, 2.45) is 0 Å². The highest BCUT2D eigenvalue weighted by atomic mass is 35.5. The minimum absolute atomic E-state index is 0.0586. The topological polar surface area (TPSA) is 117 Å². The molecule has 0 aliphatic heterocycles. The predicted molar refractivity (Wildman–Crippen MR) is 136 cm³/mol. The van der Waals surface area contributed by atoms with Gasteiger partial charge in [-0.05, 0) is 54.3 Å². The molecule has 8 nitrogen and oxygen atoms in total. The van der Waals surface area contributed by atoms with E-state index in [1.165, 1.54) is 4.68 Å². The molecule has 1 unspecified atom stereocenters. The summed E-state index contributed by atoms with van der Waals surface area (Å²) >= 11 is 5.95. The van der Waals surface area contributed by atoms with Crippen LogP contribution in [-0.4, -0.2) is 49.0 Å². The first kappa shape index (κ1) is 25.1.